The number of alkyl halides is 3. The lowest BCUT2D eigenvalue weighted by molar-refractivity contribution is -0.221. The average molecular weight is 411 g/mol. The van der Waals surface area contributed by atoms with Crippen molar-refractivity contribution < 1.29 is 22.9 Å². The van der Waals surface area contributed by atoms with Crippen LogP contribution in [0.15, 0.2) is 54.6 Å². The van der Waals surface area contributed by atoms with Crippen LogP contribution in [0.1, 0.15) is 29.8 Å². The highest BCUT2D eigenvalue weighted by molar-refractivity contribution is 7.70. The molecule has 1 heterocycles. The fraction of sp³-hybridized carbons (Fsp3) is 0.316. The molecule has 5 nitrogen and oxygen atoms in total. The molecule has 2 aromatic rings. The molecule has 28 heavy (non-hydrogen) atoms. The number of carbonyl (C=O) groups is 1. The first-order valence-electron chi connectivity index (χ1n) is 8.66. The maximum atomic E-state index is 14.5. The number of rotatable bonds is 3. The monoisotopic (exact) mass is 411 g/mol. The Balaban J connectivity index is 2.39. The normalized spacial score (nSPS) is 22.2. The number of para-hydroxylation sites is 1. The van der Waals surface area contributed by atoms with Gasteiger partial charge in [0.05, 0.1) is 17.3 Å². The van der Waals surface area contributed by atoms with Crippen LogP contribution in [0.4, 0.5) is 18.9 Å². The number of anilines is 1. The Labute approximate surface area is 162 Å². The lowest BCUT2D eigenvalue weighted by atomic mass is 10.1. The predicted molar refractivity (Wildman–Crippen MR) is 101 cm³/mol. The third-order valence-electron chi connectivity index (χ3n) is 4.98. The van der Waals surface area contributed by atoms with Gasteiger partial charge in [0.15, 0.2) is 7.79 Å². The van der Waals surface area contributed by atoms with E-state index < -0.39 is 31.2 Å². The van der Waals surface area contributed by atoms with Crippen molar-refractivity contribution in [3.63, 3.8) is 0 Å². The van der Waals surface area contributed by atoms with Crippen LogP contribution in [0.3, 0.4) is 0 Å². The molecule has 2 atom stereocenters. The summed E-state index contributed by atoms with van der Waals surface area (Å²) in [5, 5.41) is -3.27. The van der Waals surface area contributed by atoms with E-state index in [-0.39, 0.29) is 16.8 Å². The fourth-order valence-electron chi connectivity index (χ4n) is 3.62. The zero-order chi connectivity index (χ0) is 20.9. The van der Waals surface area contributed by atoms with Gasteiger partial charge >= 0.3 is 6.18 Å². The van der Waals surface area contributed by atoms with Crippen molar-refractivity contribution in [2.24, 2.45) is 5.73 Å². The lowest BCUT2D eigenvalue weighted by Crippen LogP contribution is -2.66. The van der Waals surface area contributed by atoms with E-state index in [0.717, 1.165) is 9.34 Å². The van der Waals surface area contributed by atoms with Gasteiger partial charge in [-0.3, -0.25) is 10.5 Å². The summed E-state index contributed by atoms with van der Waals surface area (Å²) in [5.74, 6) is -0.734. The molecular weight excluding hydrogens is 390 g/mol. The van der Waals surface area contributed by atoms with Gasteiger partial charge in [0.25, 0.3) is 11.2 Å². The molecule has 0 saturated carbocycles. The van der Waals surface area contributed by atoms with E-state index in [1.807, 2.05) is 0 Å². The molecule has 2 N–H and O–H groups in total. The van der Waals surface area contributed by atoms with Crippen molar-refractivity contribution in [3.05, 3.63) is 65.7 Å². The first kappa shape index (κ1) is 20.6. The number of fused-ring (bicyclic) bond motifs is 1. The molecule has 0 radical (unpaired) electrons. The minimum absolute atomic E-state index is 0.155. The van der Waals surface area contributed by atoms with Crippen molar-refractivity contribution in [2.75, 3.05) is 11.7 Å². The van der Waals surface area contributed by atoms with Gasteiger partial charge in [-0.05, 0) is 26.0 Å². The second-order valence-electron chi connectivity index (χ2n) is 6.96. The Kier molecular flexibility index (Phi) is 4.94. The summed E-state index contributed by atoms with van der Waals surface area (Å²) in [6, 6.07) is 12.1. The summed E-state index contributed by atoms with van der Waals surface area (Å²) in [6.07, 6.45) is -5.09. The number of halogens is 3. The van der Waals surface area contributed by atoms with Crippen molar-refractivity contribution in [3.8, 4) is 0 Å². The van der Waals surface area contributed by atoms with E-state index >= 15 is 0 Å². The van der Waals surface area contributed by atoms with Crippen LogP contribution in [-0.4, -0.2) is 29.8 Å². The molecule has 150 valence electrons. The van der Waals surface area contributed by atoms with Gasteiger partial charge in [0.2, 0.25) is 0 Å². The molecule has 3 rings (SSSR count). The van der Waals surface area contributed by atoms with Crippen LogP contribution < -0.4 is 15.3 Å². The number of carbonyl (C=O) groups excluding carboxylic acids is 1. The molecule has 0 bridgehead atoms. The molecule has 0 saturated heterocycles. The second-order valence-corrected chi connectivity index (χ2v) is 9.78. The maximum absolute atomic E-state index is 14.5. The molecule has 1 aliphatic rings. The van der Waals surface area contributed by atoms with Gasteiger partial charge in [-0.1, -0.05) is 42.5 Å². The maximum Gasteiger partial charge on any atom is 0.450 e. The minimum Gasteiger partial charge on any atom is -0.641 e. The van der Waals surface area contributed by atoms with Crippen LogP contribution >= 0.6 is 7.79 Å². The predicted octanol–water partition coefficient (Wildman–Crippen LogP) is 3.48. The number of hydrogen-bond donors (Lipinski definition) is 1. The quantitative estimate of drug-likeness (QED) is 0.785. The van der Waals surface area contributed by atoms with Gasteiger partial charge in [0, 0.05) is 12.6 Å². The second kappa shape index (κ2) is 6.72. The first-order valence-corrected chi connectivity index (χ1v) is 10.3. The van der Waals surface area contributed by atoms with Crippen LogP contribution in [0.25, 0.3) is 0 Å². The Hall–Kier alpha value is -2.15. The van der Waals surface area contributed by atoms with Gasteiger partial charge in [-0.25, -0.2) is 4.67 Å². The Bertz CT molecular complexity index is 893. The van der Waals surface area contributed by atoms with Crippen molar-refractivity contribution >= 4 is 19.4 Å². The van der Waals surface area contributed by atoms with Crippen LogP contribution in [0.5, 0.6) is 0 Å². The van der Waals surface area contributed by atoms with E-state index in [0.29, 0.717) is 0 Å². The van der Waals surface area contributed by atoms with Gasteiger partial charge in [-0.2, -0.15) is 17.8 Å². The molecule has 0 aromatic heterocycles. The first-order chi connectivity index (χ1) is 13.0. The molecular formula is C19H21F3N3O2P. The Morgan fingerprint density at radius 2 is 1.57 bits per heavy atom. The third-order valence-corrected chi connectivity index (χ3v) is 8.67. The topological polar surface area (TPSA) is 72.6 Å². The largest absolute Gasteiger partial charge is 0.641 e. The van der Waals surface area contributed by atoms with E-state index in [1.165, 1.54) is 57.3 Å². The molecule has 0 aliphatic carbocycles. The zero-order valence-electron chi connectivity index (χ0n) is 15.6. The molecule has 0 spiro atoms. The average Bonchev–Trinajstić information content (AvgIpc) is 2.65. The third kappa shape index (κ3) is 2.63. The molecule has 9 heteroatoms. The summed E-state index contributed by atoms with van der Waals surface area (Å²) in [5.41, 5.74) is 5.99. The zero-order valence-corrected chi connectivity index (χ0v) is 16.5. The number of hydrogen-bond acceptors (Lipinski definition) is 4. The van der Waals surface area contributed by atoms with E-state index in [9.17, 15) is 22.9 Å². The van der Waals surface area contributed by atoms with Gasteiger partial charge in [0.1, 0.15) is 0 Å². The van der Waals surface area contributed by atoms with Crippen molar-refractivity contribution in [2.45, 2.75) is 31.3 Å². The Morgan fingerprint density at radius 1 is 1.04 bits per heavy atom. The number of nitrogens with zero attached hydrogens (tertiary/aromatic N) is 2. The smallest absolute Gasteiger partial charge is 0.450 e. The summed E-state index contributed by atoms with van der Waals surface area (Å²) in [4.78, 5) is 27.5. The lowest BCUT2D eigenvalue weighted by Gasteiger charge is -2.57. The fourth-order valence-corrected chi connectivity index (χ4v) is 6.98. The summed E-state index contributed by atoms with van der Waals surface area (Å²) in [6.45, 7) is 3.04. The molecule has 2 unspecified atom stereocenters. The summed E-state index contributed by atoms with van der Waals surface area (Å²) in [7, 11) is -3.47. The summed E-state index contributed by atoms with van der Waals surface area (Å²) < 4.78 is 45.2. The van der Waals surface area contributed by atoms with E-state index in [2.05, 4.69) is 0 Å². The SMILES string of the molecule is CC(C)N1C(=O)c2ccccc2N(C)[P+]1([O-])C(N)(c1ccccc1)C(F)(F)F. The highest BCUT2D eigenvalue weighted by Crippen LogP contribution is 2.75. The highest BCUT2D eigenvalue weighted by atomic mass is 31.2. The number of nitrogens with two attached hydrogens (primary N) is 1. The number of amides is 1. The molecule has 1 amide bonds. The Morgan fingerprint density at radius 3 is 2.11 bits per heavy atom. The highest BCUT2D eigenvalue weighted by Gasteiger charge is 2.74. The van der Waals surface area contributed by atoms with E-state index in [4.69, 9.17) is 5.73 Å². The standard InChI is InChI=1S/C19H21F3N3O2P/c1-13(2)25-17(26)15-11-7-8-12-16(15)24(3)28(25,27)18(23,19(20,21)22)14-9-5-4-6-10-14/h4-13H,23H2,1-3H3. The van der Waals surface area contributed by atoms with Crippen LogP contribution in [-0.2, 0) is 5.28 Å². The van der Waals surface area contributed by atoms with Crippen molar-refractivity contribution in [1.29, 1.82) is 0 Å². The van der Waals surface area contributed by atoms with E-state index in [1.54, 1.807) is 18.2 Å². The van der Waals surface area contributed by atoms with Crippen LogP contribution in [0.2, 0.25) is 0 Å². The minimum atomic E-state index is -5.09. The van der Waals surface area contributed by atoms with Crippen LogP contribution in [0, 0.1) is 0 Å². The molecule has 1 aliphatic heterocycles. The van der Waals surface area contributed by atoms with Gasteiger partial charge in [-0.15, -0.1) is 0 Å². The molecule has 0 fully saturated rings. The number of benzene rings is 2. The van der Waals surface area contributed by atoms with Crippen molar-refractivity contribution in [1.82, 2.24) is 4.67 Å². The van der Waals surface area contributed by atoms with Gasteiger partial charge < -0.3 is 4.89 Å². The molecule has 2 aromatic carbocycles. The summed E-state index contributed by atoms with van der Waals surface area (Å²) >= 11 is 0.